The number of aromatic nitrogens is 4. The lowest BCUT2D eigenvalue weighted by atomic mass is 10.5. The molecular formula is C14H23N5O4Si. The quantitative estimate of drug-likeness (QED) is 0.214. The van der Waals surface area contributed by atoms with Crippen LogP contribution in [0.25, 0.3) is 11.2 Å². The lowest BCUT2D eigenvalue weighted by Gasteiger charge is -2.15. The van der Waals surface area contributed by atoms with E-state index in [0.717, 1.165) is 10.6 Å². The van der Waals surface area contributed by atoms with Crippen LogP contribution < -0.4 is 11.2 Å². The summed E-state index contributed by atoms with van der Waals surface area (Å²) in [6, 6.07) is 1.01. The number of hydrogen-bond acceptors (Lipinski definition) is 6. The predicted octanol–water partition coefficient (Wildman–Crippen LogP) is 0.865. The molecule has 0 aromatic carbocycles. The van der Waals surface area contributed by atoms with Crippen LogP contribution in [0.5, 0.6) is 0 Å². The summed E-state index contributed by atoms with van der Waals surface area (Å²) < 4.78 is 9.26. The van der Waals surface area contributed by atoms with Crippen molar-refractivity contribution < 1.29 is 9.94 Å². The zero-order chi connectivity index (χ0) is 18.1. The van der Waals surface area contributed by atoms with E-state index >= 15 is 0 Å². The van der Waals surface area contributed by atoms with Gasteiger partial charge in [0.2, 0.25) is 0 Å². The minimum absolute atomic E-state index is 0.102. The van der Waals surface area contributed by atoms with Crippen molar-refractivity contribution in [1.29, 1.82) is 0 Å². The van der Waals surface area contributed by atoms with Gasteiger partial charge in [0.1, 0.15) is 6.73 Å². The number of oxime groups is 1. The number of fused-ring (bicyclic) bond motifs is 1. The number of rotatable bonds is 5. The maximum atomic E-state index is 12.6. The Morgan fingerprint density at radius 3 is 2.62 bits per heavy atom. The minimum Gasteiger partial charge on any atom is -0.409 e. The third kappa shape index (κ3) is 3.49. The molecule has 132 valence electrons. The molecule has 0 aliphatic heterocycles. The molecule has 2 heterocycles. The van der Waals surface area contributed by atoms with E-state index in [0.29, 0.717) is 6.61 Å². The van der Waals surface area contributed by atoms with Crippen molar-refractivity contribution in [3.63, 3.8) is 0 Å². The van der Waals surface area contributed by atoms with E-state index in [9.17, 15) is 9.59 Å². The minimum atomic E-state index is -1.19. The van der Waals surface area contributed by atoms with Crippen LogP contribution in [-0.4, -0.2) is 44.4 Å². The summed E-state index contributed by atoms with van der Waals surface area (Å²) in [5.41, 5.74) is -0.712. The SMILES string of the molecule is C/C(=N\O)n1c(=O)c2c(ncn2COCC[Si](C)(C)C)n(C)c1=O. The molecule has 0 spiro atoms. The summed E-state index contributed by atoms with van der Waals surface area (Å²) in [5.74, 6) is -0.102. The number of ether oxygens (including phenoxy) is 1. The van der Waals surface area contributed by atoms with Gasteiger partial charge in [0.25, 0.3) is 5.56 Å². The van der Waals surface area contributed by atoms with Crippen LogP contribution >= 0.6 is 0 Å². The zero-order valence-electron chi connectivity index (χ0n) is 14.6. The first-order valence-electron chi connectivity index (χ1n) is 7.61. The Balaban J connectivity index is 2.42. The molecule has 2 aromatic heterocycles. The Hall–Kier alpha value is -2.20. The zero-order valence-corrected chi connectivity index (χ0v) is 15.6. The molecule has 0 atom stereocenters. The first-order valence-corrected chi connectivity index (χ1v) is 11.3. The fourth-order valence-electron chi connectivity index (χ4n) is 2.24. The highest BCUT2D eigenvalue weighted by Gasteiger charge is 2.18. The summed E-state index contributed by atoms with van der Waals surface area (Å²) in [7, 11) is 0.315. The monoisotopic (exact) mass is 353 g/mol. The van der Waals surface area contributed by atoms with Crippen molar-refractivity contribution in [2.24, 2.45) is 12.2 Å². The molecule has 0 unspecified atom stereocenters. The van der Waals surface area contributed by atoms with Gasteiger partial charge in [-0.3, -0.25) is 9.36 Å². The summed E-state index contributed by atoms with van der Waals surface area (Å²) in [6.07, 6.45) is 1.47. The standard InChI is InChI=1S/C14H23N5O4Si/c1-10(16-22)19-13(20)11-12(17(2)14(19)21)15-8-18(11)9-23-6-7-24(3,4)5/h8,22H,6-7,9H2,1-5H3/b16-10+. The molecule has 0 saturated heterocycles. The Morgan fingerprint density at radius 1 is 1.38 bits per heavy atom. The van der Waals surface area contributed by atoms with Gasteiger partial charge < -0.3 is 14.5 Å². The molecule has 0 radical (unpaired) electrons. The lowest BCUT2D eigenvalue weighted by molar-refractivity contribution is 0.0897. The van der Waals surface area contributed by atoms with Crippen LogP contribution in [0, 0.1) is 0 Å². The molecule has 0 aliphatic rings. The van der Waals surface area contributed by atoms with Crippen LogP contribution in [0.15, 0.2) is 21.1 Å². The Labute approximate surface area is 139 Å². The van der Waals surface area contributed by atoms with Crippen LogP contribution in [0.4, 0.5) is 0 Å². The van der Waals surface area contributed by atoms with Gasteiger partial charge in [-0.25, -0.2) is 14.3 Å². The maximum Gasteiger partial charge on any atom is 0.338 e. The largest absolute Gasteiger partial charge is 0.409 e. The maximum absolute atomic E-state index is 12.6. The smallest absolute Gasteiger partial charge is 0.338 e. The molecule has 2 aromatic rings. The topological polar surface area (TPSA) is 104 Å². The molecule has 0 fully saturated rings. The van der Waals surface area contributed by atoms with E-state index < -0.39 is 19.3 Å². The first kappa shape index (κ1) is 18.1. The molecule has 1 N–H and O–H groups in total. The number of nitrogens with zero attached hydrogens (tertiary/aromatic N) is 5. The molecule has 0 aliphatic carbocycles. The Kier molecular flexibility index (Phi) is 5.09. The first-order chi connectivity index (χ1) is 11.2. The van der Waals surface area contributed by atoms with Crippen molar-refractivity contribution in [2.75, 3.05) is 6.61 Å². The van der Waals surface area contributed by atoms with E-state index in [4.69, 9.17) is 9.94 Å². The summed E-state index contributed by atoms with van der Waals surface area (Å²) in [5, 5.41) is 11.9. The normalized spacial score (nSPS) is 13.0. The number of aryl methyl sites for hydroxylation is 1. The van der Waals surface area contributed by atoms with E-state index in [-0.39, 0.29) is 23.7 Å². The molecular weight excluding hydrogens is 330 g/mol. The van der Waals surface area contributed by atoms with Crippen molar-refractivity contribution in [3.8, 4) is 0 Å². The van der Waals surface area contributed by atoms with E-state index in [1.54, 1.807) is 4.57 Å². The summed E-state index contributed by atoms with van der Waals surface area (Å²) >= 11 is 0. The predicted molar refractivity (Wildman–Crippen MR) is 93.6 cm³/mol. The average Bonchev–Trinajstić information content (AvgIpc) is 2.92. The fraction of sp³-hybridized carbons (Fsp3) is 0.571. The van der Waals surface area contributed by atoms with Crippen LogP contribution in [0.3, 0.4) is 0 Å². The van der Waals surface area contributed by atoms with Crippen molar-refractivity contribution in [3.05, 3.63) is 27.2 Å². The summed E-state index contributed by atoms with van der Waals surface area (Å²) in [4.78, 5) is 29.0. The highest BCUT2D eigenvalue weighted by Crippen LogP contribution is 2.09. The number of imidazole rings is 1. The second-order valence-electron chi connectivity index (χ2n) is 6.86. The third-order valence-electron chi connectivity index (χ3n) is 3.72. The third-order valence-corrected chi connectivity index (χ3v) is 5.42. The van der Waals surface area contributed by atoms with Crippen molar-refractivity contribution >= 4 is 25.1 Å². The van der Waals surface area contributed by atoms with Gasteiger partial charge in [-0.1, -0.05) is 24.8 Å². The van der Waals surface area contributed by atoms with Gasteiger partial charge in [-0.2, -0.15) is 0 Å². The molecule has 2 rings (SSSR count). The van der Waals surface area contributed by atoms with Gasteiger partial charge in [0, 0.05) is 21.7 Å². The Morgan fingerprint density at radius 2 is 2.04 bits per heavy atom. The molecule has 0 saturated carbocycles. The summed E-state index contributed by atoms with van der Waals surface area (Å²) in [6.45, 7) is 8.92. The van der Waals surface area contributed by atoms with Crippen molar-refractivity contribution in [2.45, 2.75) is 39.3 Å². The van der Waals surface area contributed by atoms with E-state index in [2.05, 4.69) is 29.8 Å². The second kappa shape index (κ2) is 6.73. The highest BCUT2D eigenvalue weighted by atomic mass is 28.3. The Bertz CT molecular complexity index is 887. The number of hydrogen-bond donors (Lipinski definition) is 1. The highest BCUT2D eigenvalue weighted by molar-refractivity contribution is 6.76. The van der Waals surface area contributed by atoms with E-state index in [1.807, 2.05) is 0 Å². The van der Waals surface area contributed by atoms with E-state index in [1.165, 1.54) is 24.9 Å². The second-order valence-corrected chi connectivity index (χ2v) is 12.5. The molecule has 24 heavy (non-hydrogen) atoms. The van der Waals surface area contributed by atoms with Gasteiger partial charge in [-0.15, -0.1) is 0 Å². The molecule has 10 heteroatoms. The molecule has 0 bridgehead atoms. The fourth-order valence-corrected chi connectivity index (χ4v) is 2.99. The van der Waals surface area contributed by atoms with Gasteiger partial charge in [0.15, 0.2) is 17.0 Å². The van der Waals surface area contributed by atoms with Gasteiger partial charge in [0.05, 0.1) is 6.33 Å². The van der Waals surface area contributed by atoms with Crippen LogP contribution in [0.2, 0.25) is 25.7 Å². The van der Waals surface area contributed by atoms with Crippen molar-refractivity contribution in [1.82, 2.24) is 18.7 Å². The van der Waals surface area contributed by atoms with Gasteiger partial charge in [-0.05, 0) is 13.0 Å². The average molecular weight is 353 g/mol. The van der Waals surface area contributed by atoms with Crippen LogP contribution in [0.1, 0.15) is 6.92 Å². The lowest BCUT2D eigenvalue weighted by Crippen LogP contribution is -2.42. The van der Waals surface area contributed by atoms with Crippen LogP contribution in [-0.2, 0) is 18.5 Å². The van der Waals surface area contributed by atoms with Gasteiger partial charge >= 0.3 is 5.69 Å². The molecule has 9 nitrogen and oxygen atoms in total. The molecule has 0 amide bonds.